The van der Waals surface area contributed by atoms with E-state index in [0.717, 1.165) is 40.1 Å². The molecule has 0 bridgehead atoms. The fourth-order valence-electron chi connectivity index (χ4n) is 7.81. The fraction of sp³-hybridized carbons (Fsp3) is 0.608. The molecule has 3 aromatic rings. The maximum Gasteiger partial charge on any atom is 0.407 e. The van der Waals surface area contributed by atoms with Crippen LogP contribution in [0.3, 0.4) is 0 Å². The second kappa shape index (κ2) is 25.3. The molecule has 0 radical (unpaired) electrons. The summed E-state index contributed by atoms with van der Waals surface area (Å²) in [5.41, 5.74) is 8.28. The Morgan fingerprint density at radius 3 is 2.26 bits per heavy atom. The molecule has 1 aliphatic heterocycles. The number of primary amides is 1. The van der Waals surface area contributed by atoms with E-state index in [1.165, 1.54) is 16.2 Å². The van der Waals surface area contributed by atoms with Crippen LogP contribution in [0, 0.1) is 12.3 Å². The quantitative estimate of drug-likeness (QED) is 0.0598. The Morgan fingerprint density at radius 1 is 0.957 bits per heavy atom. The van der Waals surface area contributed by atoms with Crippen LogP contribution in [0.2, 0.25) is 0 Å². The van der Waals surface area contributed by atoms with E-state index >= 15 is 0 Å². The Labute approximate surface area is 415 Å². The third kappa shape index (κ3) is 17.3. The number of nitrogens with two attached hydrogens (primary N) is 1. The minimum absolute atomic E-state index is 0.0125. The highest BCUT2D eigenvalue weighted by atomic mass is 32.1. The van der Waals surface area contributed by atoms with Gasteiger partial charge in [-0.2, -0.15) is 0 Å². The smallest absolute Gasteiger partial charge is 0.407 e. The Balaban J connectivity index is 1.04. The molecule has 70 heavy (non-hydrogen) atoms. The number of thiazole rings is 1. The number of β-amino-alcohol motifs (C(OH)–C–C–N with tert-alkyl or cyclic N) is 1. The molecular formula is C51H73FN6O11S. The van der Waals surface area contributed by atoms with Crippen LogP contribution in [0.15, 0.2) is 48.0 Å². The number of nitrogens with one attached hydrogen (secondary N) is 3. The molecule has 2 aliphatic rings. The molecule has 5 atom stereocenters. The Hall–Kier alpha value is -5.21. The highest BCUT2D eigenvalue weighted by Gasteiger charge is 2.53. The van der Waals surface area contributed by atoms with Crippen LogP contribution in [-0.4, -0.2) is 126 Å². The number of amides is 5. The molecule has 2 aromatic carbocycles. The maximum absolute atomic E-state index is 14.6. The summed E-state index contributed by atoms with van der Waals surface area (Å²) in [5.74, 6) is -1.79. The number of alkyl halides is 1. The summed E-state index contributed by atoms with van der Waals surface area (Å²) in [6, 6.07) is 11.2. The molecule has 5 amide bonds. The zero-order valence-corrected chi connectivity index (χ0v) is 42.7. The lowest BCUT2D eigenvalue weighted by Gasteiger charge is -2.35. The van der Waals surface area contributed by atoms with Crippen LogP contribution >= 0.6 is 11.3 Å². The summed E-state index contributed by atoms with van der Waals surface area (Å²) in [4.78, 5) is 70.8. The summed E-state index contributed by atoms with van der Waals surface area (Å²) in [6.07, 6.45) is 0.341. The van der Waals surface area contributed by atoms with Gasteiger partial charge in [-0.1, -0.05) is 57.2 Å². The summed E-state index contributed by atoms with van der Waals surface area (Å²) >= 11 is 1.51. The zero-order chi connectivity index (χ0) is 51.2. The molecule has 1 aromatic heterocycles. The second-order valence-electron chi connectivity index (χ2n) is 20.2. The van der Waals surface area contributed by atoms with Crippen molar-refractivity contribution in [3.8, 4) is 16.2 Å². The molecule has 5 rings (SSSR count). The van der Waals surface area contributed by atoms with E-state index in [4.69, 9.17) is 29.4 Å². The number of alkyl carbamates (subject to hydrolysis) is 1. The van der Waals surface area contributed by atoms with E-state index in [0.29, 0.717) is 44.2 Å². The minimum Gasteiger partial charge on any atom is -0.491 e. The van der Waals surface area contributed by atoms with Crippen LogP contribution in [0.25, 0.3) is 10.4 Å². The van der Waals surface area contributed by atoms with Gasteiger partial charge in [0.15, 0.2) is 5.67 Å². The molecule has 17 nitrogen and oxygen atoms in total. The lowest BCUT2D eigenvalue weighted by molar-refractivity contribution is -0.145. The number of ether oxygens (including phenoxy) is 5. The Kier molecular flexibility index (Phi) is 20.1. The number of likely N-dealkylation sites (tertiary alicyclic amines) is 1. The predicted octanol–water partition coefficient (Wildman–Crippen LogP) is 5.84. The first-order valence-corrected chi connectivity index (χ1v) is 25.0. The largest absolute Gasteiger partial charge is 0.491 e. The molecule has 1 aliphatic carbocycles. The fourth-order valence-corrected chi connectivity index (χ4v) is 8.61. The maximum atomic E-state index is 14.6. The van der Waals surface area contributed by atoms with Crippen LogP contribution in [0.4, 0.5) is 9.18 Å². The van der Waals surface area contributed by atoms with Crippen LogP contribution in [0.5, 0.6) is 5.75 Å². The number of benzene rings is 2. The van der Waals surface area contributed by atoms with Crippen LogP contribution < -0.4 is 26.4 Å². The molecule has 0 spiro atoms. The molecule has 19 heteroatoms. The highest BCUT2D eigenvalue weighted by Crippen LogP contribution is 2.40. The number of rotatable bonds is 26. The van der Waals surface area contributed by atoms with Crippen molar-refractivity contribution >= 4 is 41.1 Å². The number of aromatic nitrogens is 1. The number of hydrogen-bond donors (Lipinski definition) is 5. The normalized spacial score (nSPS) is 17.8. The van der Waals surface area contributed by atoms with Crippen molar-refractivity contribution in [2.24, 2.45) is 11.1 Å². The van der Waals surface area contributed by atoms with Crippen molar-refractivity contribution in [3.05, 3.63) is 70.4 Å². The first kappa shape index (κ1) is 55.7. The number of aryl methyl sites for hydroxylation is 2. The van der Waals surface area contributed by atoms with Crippen molar-refractivity contribution < 1.29 is 57.2 Å². The first-order valence-electron chi connectivity index (χ1n) is 24.1. The van der Waals surface area contributed by atoms with Gasteiger partial charge in [0, 0.05) is 38.1 Å². The van der Waals surface area contributed by atoms with Gasteiger partial charge in [0.1, 0.15) is 30.0 Å². The average molecular weight is 997 g/mol. The predicted molar refractivity (Wildman–Crippen MR) is 262 cm³/mol. The van der Waals surface area contributed by atoms with Crippen molar-refractivity contribution in [3.63, 3.8) is 0 Å². The van der Waals surface area contributed by atoms with E-state index in [9.17, 15) is 33.5 Å². The number of nitrogens with zero attached hydrogens (tertiary/aromatic N) is 2. The topological polar surface area (TPSA) is 230 Å². The molecule has 6 N–H and O–H groups in total. The van der Waals surface area contributed by atoms with Gasteiger partial charge in [-0.05, 0) is 94.9 Å². The van der Waals surface area contributed by atoms with Gasteiger partial charge in [0.05, 0.1) is 60.8 Å². The zero-order valence-electron chi connectivity index (χ0n) is 41.9. The number of halogens is 1. The number of aliphatic hydroxyl groups is 1. The van der Waals surface area contributed by atoms with E-state index < -0.39 is 76.7 Å². The second-order valence-corrected chi connectivity index (χ2v) is 21.1. The standard InChI is InChI=1S/C51H73FN6O11S/c1-32-43(70-31-55-32)36-15-16-37(28-54-45(61)40-27-38(59)29-58(40)46(62)44(49(3,4)5)57-47(63)51(52)19-20-51)41(26-36)67-25-24-66-23-22-65-21-9-10-34-11-13-35(14-12-34)30-68-33(2)39(17-18-42(53)60)56-48(64)69-50(6,7)8/h11-16,26,31,33,38-40,44,59H,9-10,17-25,27-30H2,1-8H3,(H2,53,60)(H,54,61)(H,56,64)(H,57,63)/t33-,38-,39+,40+,44-/m1/s1. The van der Waals surface area contributed by atoms with E-state index in [1.807, 2.05) is 56.3 Å². The van der Waals surface area contributed by atoms with Gasteiger partial charge in [0.2, 0.25) is 17.7 Å². The lowest BCUT2D eigenvalue weighted by Crippen LogP contribution is -2.59. The monoisotopic (exact) mass is 997 g/mol. The van der Waals surface area contributed by atoms with E-state index in [2.05, 4.69) is 20.9 Å². The van der Waals surface area contributed by atoms with E-state index in [1.54, 1.807) is 47.1 Å². The average Bonchev–Trinajstić information content (AvgIpc) is 3.70. The Bertz CT molecular complexity index is 2220. The highest BCUT2D eigenvalue weighted by molar-refractivity contribution is 7.13. The van der Waals surface area contributed by atoms with Crippen molar-refractivity contribution in [1.29, 1.82) is 0 Å². The summed E-state index contributed by atoms with van der Waals surface area (Å²) in [6.45, 7) is 16.5. The summed E-state index contributed by atoms with van der Waals surface area (Å²) < 4.78 is 43.9. The molecule has 1 saturated heterocycles. The molecule has 0 unspecified atom stereocenters. The number of carbonyl (C=O) groups is 5. The number of hydrogen-bond acceptors (Lipinski definition) is 13. The molecule has 2 heterocycles. The van der Waals surface area contributed by atoms with E-state index in [-0.39, 0.29) is 52.0 Å². The summed E-state index contributed by atoms with van der Waals surface area (Å²) in [5, 5.41) is 18.9. The van der Waals surface area contributed by atoms with Crippen molar-refractivity contribution in [2.75, 3.05) is 39.6 Å². The van der Waals surface area contributed by atoms with Gasteiger partial charge in [-0.15, -0.1) is 11.3 Å². The third-order valence-electron chi connectivity index (χ3n) is 12.0. The van der Waals surface area contributed by atoms with Gasteiger partial charge >= 0.3 is 6.09 Å². The number of carbonyl (C=O) groups excluding carboxylic acids is 5. The summed E-state index contributed by atoms with van der Waals surface area (Å²) in [7, 11) is 0. The van der Waals surface area contributed by atoms with Gasteiger partial charge in [-0.25, -0.2) is 14.2 Å². The molecule has 2 fully saturated rings. The third-order valence-corrected chi connectivity index (χ3v) is 13.0. The lowest BCUT2D eigenvalue weighted by atomic mass is 9.85. The van der Waals surface area contributed by atoms with Crippen molar-refractivity contribution in [2.45, 2.75) is 155 Å². The van der Waals surface area contributed by atoms with Crippen LogP contribution in [0.1, 0.15) is 109 Å². The van der Waals surface area contributed by atoms with Gasteiger partial charge in [0.25, 0.3) is 5.91 Å². The van der Waals surface area contributed by atoms with Crippen molar-refractivity contribution in [1.82, 2.24) is 25.8 Å². The van der Waals surface area contributed by atoms with Crippen LogP contribution in [-0.2, 0) is 57.7 Å². The molecule has 386 valence electrons. The van der Waals surface area contributed by atoms with Gasteiger partial charge < -0.3 is 55.4 Å². The molecule has 1 saturated carbocycles. The first-order chi connectivity index (χ1) is 33.0. The Morgan fingerprint density at radius 2 is 1.63 bits per heavy atom. The molecular weight excluding hydrogens is 924 g/mol. The van der Waals surface area contributed by atoms with Gasteiger partial charge in [-0.3, -0.25) is 19.2 Å². The SMILES string of the molecule is Cc1ncsc1-c1ccc(CNC(=O)[C@@H]2C[C@@H](O)CN2C(=O)[C@@H](NC(=O)C2(F)CC2)C(C)(C)C)c(OCCOCCOCCCc2ccc(CO[C@H](C)[C@H](CCC(N)=O)NC(=O)OC(C)(C)C)cc2)c1. The minimum atomic E-state index is -1.98. The number of aliphatic hydroxyl groups excluding tert-OH is 1.